The molecule has 2 fully saturated rings. The Morgan fingerprint density at radius 3 is 3.00 bits per heavy atom. The highest BCUT2D eigenvalue weighted by atomic mass is 32.2. The number of thioether (sulfide) groups is 1. The summed E-state index contributed by atoms with van der Waals surface area (Å²) in [5.41, 5.74) is 5.43. The van der Waals surface area contributed by atoms with Gasteiger partial charge in [-0.25, -0.2) is 4.79 Å². The fourth-order valence-corrected chi connectivity index (χ4v) is 4.16. The number of carbonyl (C=O) groups is 2. The number of hydrogen-bond acceptors (Lipinski definition) is 3. The van der Waals surface area contributed by atoms with Crippen LogP contribution < -0.4 is 16.4 Å². The van der Waals surface area contributed by atoms with Gasteiger partial charge in [-0.15, -0.1) is 0 Å². The standard InChI is InChI=1S/C10H17N3O2S/c1-2-3-5(9(11)14)8-7-6(4-16-8)12-10(15)13-7/h5-8H,2-4H2,1H3,(H2,11,14)(H2,12,13,15). The summed E-state index contributed by atoms with van der Waals surface area (Å²) in [6, 6.07) is 0.0859. The van der Waals surface area contributed by atoms with Crippen LogP contribution in [0.15, 0.2) is 0 Å². The van der Waals surface area contributed by atoms with Crippen LogP contribution >= 0.6 is 11.8 Å². The van der Waals surface area contributed by atoms with E-state index in [4.69, 9.17) is 5.73 Å². The number of amides is 3. The van der Waals surface area contributed by atoms with Gasteiger partial charge in [0.15, 0.2) is 0 Å². The number of carbonyl (C=O) groups excluding carboxylic acids is 2. The summed E-state index contributed by atoms with van der Waals surface area (Å²) in [7, 11) is 0. The van der Waals surface area contributed by atoms with E-state index in [1.807, 2.05) is 6.92 Å². The van der Waals surface area contributed by atoms with Gasteiger partial charge in [0, 0.05) is 11.0 Å². The van der Waals surface area contributed by atoms with Crippen molar-refractivity contribution in [2.45, 2.75) is 37.1 Å². The van der Waals surface area contributed by atoms with Crippen molar-refractivity contribution in [2.24, 2.45) is 11.7 Å². The zero-order valence-electron chi connectivity index (χ0n) is 9.23. The third-order valence-corrected chi connectivity index (χ3v) is 4.79. The van der Waals surface area contributed by atoms with Crippen LogP contribution in [0.25, 0.3) is 0 Å². The molecule has 3 amide bonds. The zero-order valence-corrected chi connectivity index (χ0v) is 10.0. The highest BCUT2D eigenvalue weighted by Crippen LogP contribution is 2.36. The Morgan fingerprint density at radius 1 is 1.62 bits per heavy atom. The smallest absolute Gasteiger partial charge is 0.315 e. The summed E-state index contributed by atoms with van der Waals surface area (Å²) in [6.45, 7) is 2.04. The minimum atomic E-state index is -0.249. The van der Waals surface area contributed by atoms with E-state index < -0.39 is 0 Å². The van der Waals surface area contributed by atoms with E-state index in [0.717, 1.165) is 18.6 Å². The van der Waals surface area contributed by atoms with Gasteiger partial charge < -0.3 is 16.4 Å². The van der Waals surface area contributed by atoms with Crippen LogP contribution in [-0.4, -0.2) is 35.0 Å². The van der Waals surface area contributed by atoms with E-state index in [1.54, 1.807) is 11.8 Å². The van der Waals surface area contributed by atoms with Gasteiger partial charge in [-0.05, 0) is 6.42 Å². The van der Waals surface area contributed by atoms with Gasteiger partial charge >= 0.3 is 6.03 Å². The Bertz CT molecular complexity index is 310. The highest BCUT2D eigenvalue weighted by molar-refractivity contribution is 8.00. The molecule has 0 aromatic rings. The van der Waals surface area contributed by atoms with Crippen LogP contribution in [0.4, 0.5) is 4.79 Å². The number of primary amides is 1. The van der Waals surface area contributed by atoms with Crippen molar-refractivity contribution in [1.29, 1.82) is 0 Å². The molecule has 4 N–H and O–H groups in total. The number of nitrogens with one attached hydrogen (secondary N) is 2. The molecule has 4 unspecified atom stereocenters. The maximum atomic E-state index is 11.4. The van der Waals surface area contributed by atoms with Crippen LogP contribution in [0.5, 0.6) is 0 Å². The lowest BCUT2D eigenvalue weighted by Crippen LogP contribution is -2.44. The van der Waals surface area contributed by atoms with E-state index in [2.05, 4.69) is 10.6 Å². The topological polar surface area (TPSA) is 84.2 Å². The average molecular weight is 243 g/mol. The van der Waals surface area contributed by atoms with Crippen LogP contribution in [0.1, 0.15) is 19.8 Å². The Balaban J connectivity index is 2.08. The second kappa shape index (κ2) is 4.53. The van der Waals surface area contributed by atoms with Gasteiger partial charge in [-0.1, -0.05) is 13.3 Å². The molecule has 0 saturated carbocycles. The first kappa shape index (κ1) is 11.6. The van der Waals surface area contributed by atoms with E-state index in [0.29, 0.717) is 0 Å². The molecule has 0 aromatic carbocycles. The van der Waals surface area contributed by atoms with Gasteiger partial charge in [-0.3, -0.25) is 4.79 Å². The molecular formula is C10H17N3O2S. The van der Waals surface area contributed by atoms with Gasteiger partial charge in [0.25, 0.3) is 0 Å². The number of fused-ring (bicyclic) bond motifs is 1. The first-order chi connectivity index (χ1) is 7.63. The van der Waals surface area contributed by atoms with Crippen molar-refractivity contribution in [3.8, 4) is 0 Å². The molecule has 2 saturated heterocycles. The first-order valence-corrected chi connectivity index (χ1v) is 6.66. The molecule has 2 aliphatic heterocycles. The molecule has 16 heavy (non-hydrogen) atoms. The monoisotopic (exact) mass is 243 g/mol. The van der Waals surface area contributed by atoms with Gasteiger partial charge in [0.2, 0.25) is 5.91 Å². The minimum absolute atomic E-state index is 0.0570. The van der Waals surface area contributed by atoms with Crippen molar-refractivity contribution in [2.75, 3.05) is 5.75 Å². The van der Waals surface area contributed by atoms with Crippen LogP contribution in [0, 0.1) is 5.92 Å². The van der Waals surface area contributed by atoms with Crippen molar-refractivity contribution in [3.05, 3.63) is 0 Å². The van der Waals surface area contributed by atoms with E-state index in [9.17, 15) is 9.59 Å². The third kappa shape index (κ3) is 1.98. The molecule has 6 heteroatoms. The fourth-order valence-electron chi connectivity index (χ4n) is 2.47. The van der Waals surface area contributed by atoms with E-state index in [-0.39, 0.29) is 35.2 Å². The van der Waals surface area contributed by atoms with E-state index in [1.165, 1.54) is 0 Å². The Labute approximate surface area is 98.9 Å². The average Bonchev–Trinajstić information content (AvgIpc) is 2.73. The van der Waals surface area contributed by atoms with Crippen molar-refractivity contribution in [1.82, 2.24) is 10.6 Å². The summed E-state index contributed by atoms with van der Waals surface area (Å²) in [5.74, 6) is 0.480. The van der Waals surface area contributed by atoms with Crippen LogP contribution in [-0.2, 0) is 4.79 Å². The highest BCUT2D eigenvalue weighted by Gasteiger charge is 2.47. The molecule has 2 rings (SSSR count). The minimum Gasteiger partial charge on any atom is -0.369 e. The molecule has 5 nitrogen and oxygen atoms in total. The molecule has 2 aliphatic rings. The number of nitrogens with two attached hydrogens (primary N) is 1. The molecule has 2 heterocycles. The summed E-state index contributed by atoms with van der Waals surface area (Å²) >= 11 is 1.73. The lowest BCUT2D eigenvalue weighted by Gasteiger charge is -2.24. The molecule has 4 atom stereocenters. The van der Waals surface area contributed by atoms with Crippen LogP contribution in [0.3, 0.4) is 0 Å². The predicted octanol–water partition coefficient (Wildman–Crippen LogP) is 0.0534. The summed E-state index contributed by atoms with van der Waals surface area (Å²) < 4.78 is 0. The summed E-state index contributed by atoms with van der Waals surface area (Å²) in [4.78, 5) is 22.6. The number of rotatable bonds is 4. The molecular weight excluding hydrogens is 226 g/mol. The quantitative estimate of drug-likeness (QED) is 0.610. The number of hydrogen-bond donors (Lipinski definition) is 3. The largest absolute Gasteiger partial charge is 0.369 e. The zero-order chi connectivity index (χ0) is 11.7. The van der Waals surface area contributed by atoms with Gasteiger partial charge in [0.1, 0.15) is 0 Å². The fraction of sp³-hybridized carbons (Fsp3) is 0.800. The molecule has 0 aliphatic carbocycles. The van der Waals surface area contributed by atoms with Crippen molar-refractivity contribution < 1.29 is 9.59 Å². The second-order valence-electron chi connectivity index (χ2n) is 4.35. The Hall–Kier alpha value is -0.910. The first-order valence-electron chi connectivity index (χ1n) is 5.61. The number of urea groups is 1. The summed E-state index contributed by atoms with van der Waals surface area (Å²) in [6.07, 6.45) is 1.73. The van der Waals surface area contributed by atoms with E-state index >= 15 is 0 Å². The predicted molar refractivity (Wildman–Crippen MR) is 63.1 cm³/mol. The van der Waals surface area contributed by atoms with Gasteiger partial charge in [-0.2, -0.15) is 11.8 Å². The maximum Gasteiger partial charge on any atom is 0.315 e. The Morgan fingerprint density at radius 2 is 2.38 bits per heavy atom. The molecule has 90 valence electrons. The van der Waals surface area contributed by atoms with Gasteiger partial charge in [0.05, 0.1) is 18.0 Å². The molecule has 0 spiro atoms. The lowest BCUT2D eigenvalue weighted by atomic mass is 9.92. The molecule has 0 radical (unpaired) electrons. The normalized spacial score (nSPS) is 34.1. The molecule has 0 aromatic heterocycles. The van der Waals surface area contributed by atoms with Crippen molar-refractivity contribution >= 4 is 23.7 Å². The third-order valence-electron chi connectivity index (χ3n) is 3.23. The van der Waals surface area contributed by atoms with Crippen molar-refractivity contribution in [3.63, 3.8) is 0 Å². The van der Waals surface area contributed by atoms with Crippen LogP contribution in [0.2, 0.25) is 0 Å². The maximum absolute atomic E-state index is 11.4. The lowest BCUT2D eigenvalue weighted by molar-refractivity contribution is -0.122. The molecule has 0 bridgehead atoms. The summed E-state index contributed by atoms with van der Waals surface area (Å²) in [5, 5.41) is 5.87. The second-order valence-corrected chi connectivity index (χ2v) is 5.56. The SMILES string of the molecule is CCCC(C(N)=O)C1SCC2NC(=O)NC21. The Kier molecular flexibility index (Phi) is 3.28.